The minimum absolute atomic E-state index is 0.250. The number of aromatic amines is 1. The lowest BCUT2D eigenvalue weighted by Crippen LogP contribution is -2.22. The molecular formula is C20H33FN6O2. The molecule has 0 bridgehead atoms. The van der Waals surface area contributed by atoms with Gasteiger partial charge in [0.25, 0.3) is 6.47 Å². The molecule has 2 aromatic rings. The van der Waals surface area contributed by atoms with E-state index in [4.69, 9.17) is 15.6 Å². The summed E-state index contributed by atoms with van der Waals surface area (Å²) in [5.41, 5.74) is 8.69. The van der Waals surface area contributed by atoms with Gasteiger partial charge in [0.1, 0.15) is 23.0 Å². The third-order valence-corrected chi connectivity index (χ3v) is 5.17. The molecule has 1 aliphatic rings. The third kappa shape index (κ3) is 7.23. The number of fused-ring (bicyclic) bond motifs is 1. The van der Waals surface area contributed by atoms with E-state index in [2.05, 4.69) is 32.0 Å². The number of unbranched alkanes of at least 4 members (excludes halogenated alkanes) is 4. The normalized spacial score (nSPS) is 16.7. The van der Waals surface area contributed by atoms with E-state index in [1.807, 2.05) is 0 Å². The zero-order chi connectivity index (χ0) is 21.1. The number of nitrogen functional groups attached to an aromatic ring is 1. The van der Waals surface area contributed by atoms with Crippen LogP contribution in [0.4, 0.5) is 10.2 Å². The van der Waals surface area contributed by atoms with Gasteiger partial charge >= 0.3 is 0 Å². The van der Waals surface area contributed by atoms with Crippen LogP contribution in [0.3, 0.4) is 0 Å². The van der Waals surface area contributed by atoms with Crippen molar-refractivity contribution in [1.29, 1.82) is 0 Å². The first kappa shape index (κ1) is 23.0. The van der Waals surface area contributed by atoms with Crippen LogP contribution in [0.25, 0.3) is 11.0 Å². The highest BCUT2D eigenvalue weighted by molar-refractivity contribution is 5.85. The van der Waals surface area contributed by atoms with Crippen molar-refractivity contribution in [2.45, 2.75) is 70.9 Å². The molecule has 0 amide bonds. The molecule has 0 saturated carbocycles. The number of nitrogens with one attached hydrogen (secondary N) is 1. The minimum Gasteiger partial charge on any atom is -0.483 e. The number of likely N-dealkylation sites (tertiary alicyclic amines) is 1. The number of carbonyl (C=O) groups is 1. The van der Waals surface area contributed by atoms with Gasteiger partial charge in [0, 0.05) is 19.5 Å². The van der Waals surface area contributed by atoms with Gasteiger partial charge in [0.05, 0.1) is 5.69 Å². The van der Waals surface area contributed by atoms with Crippen molar-refractivity contribution < 1.29 is 14.3 Å². The van der Waals surface area contributed by atoms with Crippen LogP contribution in [-0.2, 0) is 17.6 Å². The summed E-state index contributed by atoms with van der Waals surface area (Å²) in [6.07, 6.45) is 8.60. The third-order valence-electron chi connectivity index (χ3n) is 5.17. The molecule has 162 valence electrons. The standard InChI is InChI=1S/C19H31FN6.CH2O2/c1-2-3-9-16-22-17-15(24-25-18(17)19(21)23-16)8-6-4-5-7-11-26-12-10-14(20)13-26;2-1-3/h14H,2-13H2,1H3,(H,24,25)(H2,21,22,23);1H,(H,2,3)/t14-;/m1./s1. The van der Waals surface area contributed by atoms with Crippen molar-refractivity contribution in [2.75, 3.05) is 25.4 Å². The summed E-state index contributed by atoms with van der Waals surface area (Å²) < 4.78 is 13.1. The quantitative estimate of drug-likeness (QED) is 0.408. The molecule has 4 N–H and O–H groups in total. The molecule has 3 rings (SSSR count). The molecule has 1 aliphatic heterocycles. The average molecular weight is 409 g/mol. The van der Waals surface area contributed by atoms with E-state index in [0.29, 0.717) is 18.8 Å². The molecule has 0 unspecified atom stereocenters. The van der Waals surface area contributed by atoms with Gasteiger partial charge in [0.15, 0.2) is 5.82 Å². The van der Waals surface area contributed by atoms with Crippen LogP contribution < -0.4 is 5.73 Å². The van der Waals surface area contributed by atoms with E-state index < -0.39 is 6.17 Å². The number of rotatable bonds is 10. The fourth-order valence-corrected chi connectivity index (χ4v) is 3.61. The van der Waals surface area contributed by atoms with Gasteiger partial charge in [-0.1, -0.05) is 26.2 Å². The van der Waals surface area contributed by atoms with Crippen LogP contribution in [-0.4, -0.2) is 62.4 Å². The van der Waals surface area contributed by atoms with E-state index in [-0.39, 0.29) is 6.47 Å². The highest BCUT2D eigenvalue weighted by Crippen LogP contribution is 2.21. The number of hydrogen-bond donors (Lipinski definition) is 3. The molecule has 9 heteroatoms. The topological polar surface area (TPSA) is 121 Å². The lowest BCUT2D eigenvalue weighted by atomic mass is 10.1. The maximum absolute atomic E-state index is 13.1. The first-order chi connectivity index (χ1) is 14.1. The Bertz CT molecular complexity index is 754. The van der Waals surface area contributed by atoms with E-state index in [0.717, 1.165) is 80.6 Å². The van der Waals surface area contributed by atoms with Crippen molar-refractivity contribution in [3.63, 3.8) is 0 Å². The van der Waals surface area contributed by atoms with E-state index >= 15 is 0 Å². The van der Waals surface area contributed by atoms with Gasteiger partial charge in [0.2, 0.25) is 0 Å². The molecule has 3 heterocycles. The molecule has 1 saturated heterocycles. The molecule has 0 aliphatic carbocycles. The number of nitrogens with two attached hydrogens (primary N) is 1. The van der Waals surface area contributed by atoms with Crippen LogP contribution in [0, 0.1) is 0 Å². The Morgan fingerprint density at radius 2 is 2.00 bits per heavy atom. The number of carboxylic acid groups (broad SMARTS) is 1. The first-order valence-corrected chi connectivity index (χ1v) is 10.5. The van der Waals surface area contributed by atoms with Gasteiger partial charge < -0.3 is 15.7 Å². The van der Waals surface area contributed by atoms with Crippen molar-refractivity contribution in [1.82, 2.24) is 25.1 Å². The molecule has 1 fully saturated rings. The summed E-state index contributed by atoms with van der Waals surface area (Å²) in [6, 6.07) is 0. The Morgan fingerprint density at radius 3 is 2.69 bits per heavy atom. The summed E-state index contributed by atoms with van der Waals surface area (Å²) in [6.45, 7) is 4.48. The van der Waals surface area contributed by atoms with Gasteiger partial charge in [-0.25, -0.2) is 14.4 Å². The molecule has 8 nitrogen and oxygen atoms in total. The van der Waals surface area contributed by atoms with Crippen LogP contribution in [0.5, 0.6) is 0 Å². The molecule has 29 heavy (non-hydrogen) atoms. The zero-order valence-electron chi connectivity index (χ0n) is 17.2. The van der Waals surface area contributed by atoms with Gasteiger partial charge in [-0.15, -0.1) is 0 Å². The fourth-order valence-electron chi connectivity index (χ4n) is 3.61. The predicted molar refractivity (Wildman–Crippen MR) is 112 cm³/mol. The minimum atomic E-state index is -0.611. The van der Waals surface area contributed by atoms with E-state index in [9.17, 15) is 4.39 Å². The molecule has 0 spiro atoms. The predicted octanol–water partition coefficient (Wildman–Crippen LogP) is 3.13. The lowest BCUT2D eigenvalue weighted by Gasteiger charge is -2.13. The Labute approximate surface area is 171 Å². The zero-order valence-corrected chi connectivity index (χ0v) is 17.2. The molecule has 1 atom stereocenters. The number of anilines is 1. The second-order valence-corrected chi connectivity index (χ2v) is 7.48. The highest BCUT2D eigenvalue weighted by atomic mass is 19.1. The van der Waals surface area contributed by atoms with Crippen LogP contribution in [0.15, 0.2) is 0 Å². The second-order valence-electron chi connectivity index (χ2n) is 7.48. The Hall–Kier alpha value is -2.29. The SMILES string of the molecule is CCCCc1nc(N)c2[nH]nc(CCCCCCN3CC[C@@H](F)C3)c2n1.O=CO. The van der Waals surface area contributed by atoms with Crippen LogP contribution in [0.1, 0.15) is 63.4 Å². The second kappa shape index (κ2) is 12.3. The van der Waals surface area contributed by atoms with Crippen molar-refractivity contribution in [3.8, 4) is 0 Å². The number of halogens is 1. The maximum atomic E-state index is 13.1. The Kier molecular flexibility index (Phi) is 9.76. The van der Waals surface area contributed by atoms with Crippen LogP contribution >= 0.6 is 0 Å². The van der Waals surface area contributed by atoms with Crippen molar-refractivity contribution in [3.05, 3.63) is 11.5 Å². The maximum Gasteiger partial charge on any atom is 0.290 e. The largest absolute Gasteiger partial charge is 0.483 e. The number of aryl methyl sites for hydroxylation is 2. The monoisotopic (exact) mass is 408 g/mol. The molecule has 2 aromatic heterocycles. The lowest BCUT2D eigenvalue weighted by molar-refractivity contribution is -0.122. The number of aromatic nitrogens is 4. The first-order valence-electron chi connectivity index (χ1n) is 10.5. The van der Waals surface area contributed by atoms with Gasteiger partial charge in [-0.05, 0) is 38.6 Å². The van der Waals surface area contributed by atoms with Crippen molar-refractivity contribution in [2.24, 2.45) is 0 Å². The van der Waals surface area contributed by atoms with Crippen molar-refractivity contribution >= 4 is 23.3 Å². The number of hydrogen-bond acceptors (Lipinski definition) is 6. The fraction of sp³-hybridized carbons (Fsp3) is 0.700. The summed E-state index contributed by atoms with van der Waals surface area (Å²) in [4.78, 5) is 19.7. The molecule has 0 radical (unpaired) electrons. The van der Waals surface area contributed by atoms with E-state index in [1.54, 1.807) is 0 Å². The number of nitrogens with zero attached hydrogens (tertiary/aromatic N) is 4. The van der Waals surface area contributed by atoms with E-state index in [1.165, 1.54) is 6.42 Å². The van der Waals surface area contributed by atoms with Gasteiger partial charge in [-0.2, -0.15) is 5.10 Å². The Morgan fingerprint density at radius 1 is 1.24 bits per heavy atom. The Balaban J connectivity index is 0.000000941. The summed E-state index contributed by atoms with van der Waals surface area (Å²) in [7, 11) is 0. The van der Waals surface area contributed by atoms with Crippen LogP contribution in [0.2, 0.25) is 0 Å². The van der Waals surface area contributed by atoms with Gasteiger partial charge in [-0.3, -0.25) is 9.89 Å². The summed E-state index contributed by atoms with van der Waals surface area (Å²) in [5.74, 6) is 1.31. The number of alkyl halides is 1. The average Bonchev–Trinajstić information content (AvgIpc) is 3.30. The molecule has 0 aromatic carbocycles. The highest BCUT2D eigenvalue weighted by Gasteiger charge is 2.20. The summed E-state index contributed by atoms with van der Waals surface area (Å²) >= 11 is 0. The molecular weight excluding hydrogens is 375 g/mol. The smallest absolute Gasteiger partial charge is 0.290 e. The number of H-pyrrole nitrogens is 1. The summed E-state index contributed by atoms with van der Waals surface area (Å²) in [5, 5.41) is 14.3.